The van der Waals surface area contributed by atoms with Gasteiger partial charge in [0, 0.05) is 36.4 Å². The van der Waals surface area contributed by atoms with Gasteiger partial charge >= 0.3 is 0 Å². The first-order valence-corrected chi connectivity index (χ1v) is 7.42. The molecule has 2 heterocycles. The minimum Gasteiger partial charge on any atom is -0.355 e. The average Bonchev–Trinajstić information content (AvgIpc) is 3.12. The number of nitrogens with zero attached hydrogens (tertiary/aromatic N) is 2. The standard InChI is InChI=1S/C13H18N4O2S/c1-9(14-2)7-15-11(18)3-4-12-16-13(17-19-12)10-5-6-20-8-10/h5-6,8-9,14H,3-4,7H2,1-2H3,(H,15,18). The Hall–Kier alpha value is -1.73. The highest BCUT2D eigenvalue weighted by molar-refractivity contribution is 7.08. The van der Waals surface area contributed by atoms with Gasteiger partial charge in [-0.1, -0.05) is 5.16 Å². The van der Waals surface area contributed by atoms with E-state index in [4.69, 9.17) is 4.52 Å². The van der Waals surface area contributed by atoms with Crippen molar-refractivity contribution >= 4 is 17.2 Å². The molecule has 1 amide bonds. The predicted molar refractivity (Wildman–Crippen MR) is 77.5 cm³/mol. The summed E-state index contributed by atoms with van der Waals surface area (Å²) in [5.41, 5.74) is 0.942. The molecule has 2 aromatic rings. The van der Waals surface area contributed by atoms with Gasteiger partial charge in [0.2, 0.25) is 17.6 Å². The highest BCUT2D eigenvalue weighted by Crippen LogP contribution is 2.18. The maximum atomic E-state index is 11.6. The first-order valence-electron chi connectivity index (χ1n) is 6.48. The van der Waals surface area contributed by atoms with Crippen LogP contribution in [0.15, 0.2) is 21.3 Å². The zero-order valence-electron chi connectivity index (χ0n) is 11.5. The lowest BCUT2D eigenvalue weighted by atomic mass is 10.2. The SMILES string of the molecule is CNC(C)CNC(=O)CCc1nc(-c2ccsc2)no1. The summed E-state index contributed by atoms with van der Waals surface area (Å²) in [7, 11) is 1.86. The van der Waals surface area contributed by atoms with Crippen LogP contribution in [0.3, 0.4) is 0 Å². The Bertz CT molecular complexity index is 538. The molecule has 0 aliphatic rings. The number of hydrogen-bond donors (Lipinski definition) is 2. The minimum absolute atomic E-state index is 0.0117. The number of amides is 1. The molecule has 1 atom stereocenters. The van der Waals surface area contributed by atoms with Gasteiger partial charge in [-0.2, -0.15) is 16.3 Å². The number of nitrogens with one attached hydrogen (secondary N) is 2. The van der Waals surface area contributed by atoms with E-state index in [1.165, 1.54) is 0 Å². The Morgan fingerprint density at radius 1 is 1.55 bits per heavy atom. The summed E-state index contributed by atoms with van der Waals surface area (Å²) in [6, 6.07) is 2.19. The van der Waals surface area contributed by atoms with E-state index in [-0.39, 0.29) is 11.9 Å². The Balaban J connectivity index is 1.78. The molecule has 0 saturated heterocycles. The van der Waals surface area contributed by atoms with Crippen LogP contribution in [-0.2, 0) is 11.2 Å². The number of aryl methyl sites for hydroxylation is 1. The van der Waals surface area contributed by atoms with Gasteiger partial charge in [0.15, 0.2) is 0 Å². The summed E-state index contributed by atoms with van der Waals surface area (Å²) >= 11 is 1.58. The van der Waals surface area contributed by atoms with Crippen LogP contribution in [0.2, 0.25) is 0 Å². The summed E-state index contributed by atoms with van der Waals surface area (Å²) in [6.07, 6.45) is 0.804. The first-order chi connectivity index (χ1) is 9.69. The highest BCUT2D eigenvalue weighted by atomic mass is 32.1. The molecule has 108 valence electrons. The molecule has 20 heavy (non-hydrogen) atoms. The van der Waals surface area contributed by atoms with Gasteiger partial charge in [0.1, 0.15) is 0 Å². The average molecular weight is 294 g/mol. The molecule has 0 saturated carbocycles. The smallest absolute Gasteiger partial charge is 0.227 e. The van der Waals surface area contributed by atoms with Crippen LogP contribution < -0.4 is 10.6 Å². The van der Waals surface area contributed by atoms with E-state index in [2.05, 4.69) is 20.8 Å². The molecule has 0 aliphatic carbocycles. The Morgan fingerprint density at radius 2 is 2.40 bits per heavy atom. The first kappa shape index (κ1) is 14.7. The number of likely N-dealkylation sites (N-methyl/N-ethyl adjacent to an activating group) is 1. The quantitative estimate of drug-likeness (QED) is 0.808. The second-order valence-electron chi connectivity index (χ2n) is 4.52. The summed E-state index contributed by atoms with van der Waals surface area (Å²) in [5.74, 6) is 1.05. The van der Waals surface area contributed by atoms with Crippen molar-refractivity contribution in [1.29, 1.82) is 0 Å². The van der Waals surface area contributed by atoms with Gasteiger partial charge in [-0.25, -0.2) is 0 Å². The van der Waals surface area contributed by atoms with Gasteiger partial charge in [0.25, 0.3) is 0 Å². The Kier molecular flexibility index (Phi) is 5.25. The van der Waals surface area contributed by atoms with E-state index in [9.17, 15) is 4.79 Å². The molecular formula is C13H18N4O2S. The van der Waals surface area contributed by atoms with Crippen molar-refractivity contribution in [2.45, 2.75) is 25.8 Å². The molecule has 2 rings (SSSR count). The molecule has 0 aliphatic heterocycles. The van der Waals surface area contributed by atoms with Gasteiger partial charge in [-0.15, -0.1) is 0 Å². The fraction of sp³-hybridized carbons (Fsp3) is 0.462. The third-order valence-corrected chi connectivity index (χ3v) is 3.59. The molecule has 2 N–H and O–H groups in total. The van der Waals surface area contributed by atoms with Crippen LogP contribution in [0.5, 0.6) is 0 Å². The molecule has 0 fully saturated rings. The molecule has 6 nitrogen and oxygen atoms in total. The zero-order valence-corrected chi connectivity index (χ0v) is 12.4. The molecule has 0 aromatic carbocycles. The summed E-state index contributed by atoms with van der Waals surface area (Å²) < 4.78 is 5.14. The number of carbonyl (C=O) groups excluding carboxylic acids is 1. The molecule has 0 bridgehead atoms. The summed E-state index contributed by atoms with van der Waals surface area (Å²) in [6.45, 7) is 2.62. The maximum absolute atomic E-state index is 11.6. The molecule has 1 unspecified atom stereocenters. The minimum atomic E-state index is -0.0117. The summed E-state index contributed by atoms with van der Waals surface area (Å²) in [5, 5.41) is 13.7. The normalized spacial score (nSPS) is 12.3. The van der Waals surface area contributed by atoms with Crippen LogP contribution in [0.1, 0.15) is 19.2 Å². The van der Waals surface area contributed by atoms with Crippen molar-refractivity contribution in [2.75, 3.05) is 13.6 Å². The lowest BCUT2D eigenvalue weighted by molar-refractivity contribution is -0.121. The van der Waals surface area contributed by atoms with Gasteiger partial charge in [-0.05, 0) is 25.4 Å². The third kappa shape index (κ3) is 4.14. The lowest BCUT2D eigenvalue weighted by Crippen LogP contribution is -2.37. The van der Waals surface area contributed by atoms with E-state index < -0.39 is 0 Å². The van der Waals surface area contributed by atoms with Gasteiger partial charge in [-0.3, -0.25) is 4.79 Å². The van der Waals surface area contributed by atoms with E-state index in [0.717, 1.165) is 5.56 Å². The van der Waals surface area contributed by atoms with Crippen LogP contribution in [0, 0.1) is 0 Å². The molecule has 2 aromatic heterocycles. The number of rotatable bonds is 7. The second kappa shape index (κ2) is 7.16. The van der Waals surface area contributed by atoms with Crippen molar-refractivity contribution in [3.05, 3.63) is 22.7 Å². The van der Waals surface area contributed by atoms with Crippen molar-refractivity contribution in [2.24, 2.45) is 0 Å². The van der Waals surface area contributed by atoms with Crippen LogP contribution >= 0.6 is 11.3 Å². The van der Waals surface area contributed by atoms with Crippen molar-refractivity contribution in [1.82, 2.24) is 20.8 Å². The maximum Gasteiger partial charge on any atom is 0.227 e. The van der Waals surface area contributed by atoms with E-state index >= 15 is 0 Å². The molecular weight excluding hydrogens is 276 g/mol. The highest BCUT2D eigenvalue weighted by Gasteiger charge is 2.11. The van der Waals surface area contributed by atoms with Crippen LogP contribution in [0.4, 0.5) is 0 Å². The monoisotopic (exact) mass is 294 g/mol. The van der Waals surface area contributed by atoms with Crippen LogP contribution in [-0.4, -0.2) is 35.7 Å². The molecule has 0 spiro atoms. The second-order valence-corrected chi connectivity index (χ2v) is 5.30. The predicted octanol–water partition coefficient (Wildman–Crippen LogP) is 1.45. The Morgan fingerprint density at radius 3 is 3.10 bits per heavy atom. The third-order valence-electron chi connectivity index (χ3n) is 2.91. The van der Waals surface area contributed by atoms with Crippen molar-refractivity contribution in [3.63, 3.8) is 0 Å². The van der Waals surface area contributed by atoms with Crippen molar-refractivity contribution < 1.29 is 9.32 Å². The van der Waals surface area contributed by atoms with E-state index in [0.29, 0.717) is 31.1 Å². The fourth-order valence-electron chi connectivity index (χ4n) is 1.54. The van der Waals surface area contributed by atoms with Gasteiger partial charge < -0.3 is 15.2 Å². The molecule has 7 heteroatoms. The molecule has 0 radical (unpaired) electrons. The lowest BCUT2D eigenvalue weighted by Gasteiger charge is -2.10. The zero-order chi connectivity index (χ0) is 14.4. The topological polar surface area (TPSA) is 80.0 Å². The van der Waals surface area contributed by atoms with Crippen molar-refractivity contribution in [3.8, 4) is 11.4 Å². The van der Waals surface area contributed by atoms with E-state index in [1.807, 2.05) is 30.8 Å². The summed E-state index contributed by atoms with van der Waals surface area (Å²) in [4.78, 5) is 15.9. The van der Waals surface area contributed by atoms with Gasteiger partial charge in [0.05, 0.1) is 0 Å². The van der Waals surface area contributed by atoms with Crippen LogP contribution in [0.25, 0.3) is 11.4 Å². The van der Waals surface area contributed by atoms with E-state index in [1.54, 1.807) is 11.3 Å². The Labute approximate surface area is 121 Å². The number of hydrogen-bond acceptors (Lipinski definition) is 6. The largest absolute Gasteiger partial charge is 0.355 e. The fourth-order valence-corrected chi connectivity index (χ4v) is 2.18. The number of thiophene rings is 1. The number of carbonyl (C=O) groups is 1. The number of aromatic nitrogens is 2.